The normalized spacial score (nSPS) is 10.3. The van der Waals surface area contributed by atoms with Crippen LogP contribution in [0.3, 0.4) is 0 Å². The average molecular weight is 324 g/mol. The Hall–Kier alpha value is -3.80. The summed E-state index contributed by atoms with van der Waals surface area (Å²) in [7, 11) is 0. The van der Waals surface area contributed by atoms with Crippen LogP contribution in [0, 0.1) is 21.4 Å². The summed E-state index contributed by atoms with van der Waals surface area (Å²) in [5.74, 6) is -0.301. The number of nitriles is 1. The van der Waals surface area contributed by atoms with Crippen molar-refractivity contribution in [2.45, 2.75) is 6.92 Å². The minimum atomic E-state index is -0.601. The number of carbonyl (C=O) groups is 1. The first-order valence-corrected chi connectivity index (χ1v) is 6.68. The molecular weight excluding hydrogens is 312 g/mol. The summed E-state index contributed by atoms with van der Waals surface area (Å²) >= 11 is 0. The molecule has 0 saturated heterocycles. The largest absolute Gasteiger partial charge is 0.399 e. The van der Waals surface area contributed by atoms with Crippen LogP contribution in [0.5, 0.6) is 0 Å². The monoisotopic (exact) mass is 324 g/mol. The fourth-order valence-electron chi connectivity index (χ4n) is 1.85. The Labute approximate surface area is 136 Å². The molecule has 0 unspecified atom stereocenters. The second-order valence-corrected chi connectivity index (χ2v) is 4.73. The zero-order valence-corrected chi connectivity index (χ0v) is 12.6. The summed E-state index contributed by atoms with van der Waals surface area (Å²) in [5.41, 5.74) is 6.79. The predicted octanol–water partition coefficient (Wildman–Crippen LogP) is 3.42. The molecule has 0 radical (unpaired) electrons. The van der Waals surface area contributed by atoms with Gasteiger partial charge in [-0.05, 0) is 24.3 Å². The highest BCUT2D eigenvalue weighted by Gasteiger charge is 2.11. The average Bonchev–Trinajstić information content (AvgIpc) is 2.53. The fourth-order valence-corrected chi connectivity index (χ4v) is 1.85. The molecular formula is C15H12N6O3. The maximum absolute atomic E-state index is 11.2. The van der Waals surface area contributed by atoms with E-state index < -0.39 is 4.92 Å². The van der Waals surface area contributed by atoms with Crippen LogP contribution >= 0.6 is 0 Å². The molecule has 0 spiro atoms. The van der Waals surface area contributed by atoms with Crippen LogP contribution < -0.4 is 11.1 Å². The number of rotatable bonds is 4. The van der Waals surface area contributed by atoms with Crippen LogP contribution in [0.1, 0.15) is 12.5 Å². The van der Waals surface area contributed by atoms with Crippen LogP contribution in [0.25, 0.3) is 0 Å². The molecule has 0 bridgehead atoms. The predicted molar refractivity (Wildman–Crippen MR) is 87.1 cm³/mol. The molecule has 9 nitrogen and oxygen atoms in total. The molecule has 2 aromatic carbocycles. The number of anilines is 2. The van der Waals surface area contributed by atoms with Crippen LogP contribution in [0.2, 0.25) is 0 Å². The third-order valence-corrected chi connectivity index (χ3v) is 2.91. The third kappa shape index (κ3) is 3.89. The van der Waals surface area contributed by atoms with E-state index in [1.165, 1.54) is 25.1 Å². The first kappa shape index (κ1) is 16.6. The van der Waals surface area contributed by atoms with Gasteiger partial charge in [0.2, 0.25) is 5.91 Å². The molecule has 9 heteroatoms. The lowest BCUT2D eigenvalue weighted by Gasteiger charge is -2.06. The number of amides is 1. The van der Waals surface area contributed by atoms with E-state index in [0.29, 0.717) is 17.1 Å². The molecule has 2 rings (SSSR count). The lowest BCUT2D eigenvalue weighted by molar-refractivity contribution is -0.384. The first-order chi connectivity index (χ1) is 11.4. The van der Waals surface area contributed by atoms with E-state index >= 15 is 0 Å². The third-order valence-electron chi connectivity index (χ3n) is 2.91. The number of nitrogens with one attached hydrogen (secondary N) is 1. The number of nitrogens with zero attached hydrogens (tertiary/aromatic N) is 4. The number of nitro groups is 1. The zero-order valence-electron chi connectivity index (χ0n) is 12.6. The molecule has 120 valence electrons. The Kier molecular flexibility index (Phi) is 4.81. The molecule has 3 N–H and O–H groups in total. The van der Waals surface area contributed by atoms with Crippen molar-refractivity contribution in [2.75, 3.05) is 11.1 Å². The molecule has 0 aliphatic carbocycles. The second-order valence-electron chi connectivity index (χ2n) is 4.73. The number of benzene rings is 2. The highest BCUT2D eigenvalue weighted by atomic mass is 16.6. The maximum atomic E-state index is 11.2. The molecule has 24 heavy (non-hydrogen) atoms. The van der Waals surface area contributed by atoms with Crippen molar-refractivity contribution in [3.8, 4) is 6.07 Å². The molecule has 1 amide bonds. The summed E-state index contributed by atoms with van der Waals surface area (Å²) in [6.45, 7) is 1.34. The first-order valence-electron chi connectivity index (χ1n) is 6.68. The minimum Gasteiger partial charge on any atom is -0.399 e. The van der Waals surface area contributed by atoms with Crippen molar-refractivity contribution in [3.63, 3.8) is 0 Å². The maximum Gasteiger partial charge on any atom is 0.270 e. The van der Waals surface area contributed by atoms with Gasteiger partial charge in [-0.2, -0.15) is 5.26 Å². The van der Waals surface area contributed by atoms with E-state index in [-0.39, 0.29) is 22.8 Å². The van der Waals surface area contributed by atoms with Gasteiger partial charge in [-0.1, -0.05) is 0 Å². The van der Waals surface area contributed by atoms with Crippen LogP contribution in [0.15, 0.2) is 46.6 Å². The molecule has 2 aromatic rings. The van der Waals surface area contributed by atoms with Gasteiger partial charge in [0.1, 0.15) is 17.4 Å². The van der Waals surface area contributed by atoms with Gasteiger partial charge >= 0.3 is 0 Å². The van der Waals surface area contributed by atoms with E-state index in [2.05, 4.69) is 15.5 Å². The van der Waals surface area contributed by atoms with E-state index in [0.717, 1.165) is 6.07 Å². The van der Waals surface area contributed by atoms with Crippen molar-refractivity contribution in [1.29, 1.82) is 5.26 Å². The number of nitro benzene ring substituents is 1. The lowest BCUT2D eigenvalue weighted by Crippen LogP contribution is -2.06. The SMILES string of the molecule is CC(=O)Nc1cc(N)ccc1/N=N/c1ccc([N+](=O)[O-])cc1C#N. The Bertz CT molecular complexity index is 885. The summed E-state index contributed by atoms with van der Waals surface area (Å²) in [6, 6.07) is 10.2. The van der Waals surface area contributed by atoms with Gasteiger partial charge in [-0.3, -0.25) is 14.9 Å². The zero-order chi connectivity index (χ0) is 17.7. The smallest absolute Gasteiger partial charge is 0.270 e. The van der Waals surface area contributed by atoms with E-state index in [4.69, 9.17) is 11.0 Å². The quantitative estimate of drug-likeness (QED) is 0.382. The molecule has 0 aromatic heterocycles. The highest BCUT2D eigenvalue weighted by molar-refractivity contribution is 5.92. The van der Waals surface area contributed by atoms with Gasteiger partial charge in [0.15, 0.2) is 0 Å². The van der Waals surface area contributed by atoms with Gasteiger partial charge in [-0.25, -0.2) is 0 Å². The number of nitrogen functional groups attached to an aromatic ring is 1. The Balaban J connectivity index is 2.40. The van der Waals surface area contributed by atoms with Crippen molar-refractivity contribution in [3.05, 3.63) is 52.1 Å². The lowest BCUT2D eigenvalue weighted by atomic mass is 10.2. The summed E-state index contributed by atoms with van der Waals surface area (Å²) in [5, 5.41) is 30.3. The molecule has 0 heterocycles. The molecule has 0 saturated carbocycles. The number of non-ortho nitro benzene ring substituents is 1. The van der Waals surface area contributed by atoms with Crippen LogP contribution in [-0.2, 0) is 4.79 Å². The van der Waals surface area contributed by atoms with E-state index in [1.807, 2.05) is 6.07 Å². The van der Waals surface area contributed by atoms with Crippen molar-refractivity contribution in [1.82, 2.24) is 0 Å². The summed E-state index contributed by atoms with van der Waals surface area (Å²) < 4.78 is 0. The Morgan fingerprint density at radius 2 is 1.92 bits per heavy atom. The van der Waals surface area contributed by atoms with E-state index in [1.54, 1.807) is 12.1 Å². The van der Waals surface area contributed by atoms with Crippen LogP contribution in [0.4, 0.5) is 28.4 Å². The second kappa shape index (κ2) is 6.97. The number of carbonyl (C=O) groups excluding carboxylic acids is 1. The summed E-state index contributed by atoms with van der Waals surface area (Å²) in [6.07, 6.45) is 0. The Morgan fingerprint density at radius 1 is 1.25 bits per heavy atom. The van der Waals surface area contributed by atoms with Crippen LogP contribution in [-0.4, -0.2) is 10.8 Å². The van der Waals surface area contributed by atoms with Gasteiger partial charge < -0.3 is 11.1 Å². The number of hydrogen-bond acceptors (Lipinski definition) is 7. The minimum absolute atomic E-state index is 0.0180. The molecule has 0 fully saturated rings. The molecule has 0 aliphatic rings. The number of azo groups is 1. The summed E-state index contributed by atoms with van der Waals surface area (Å²) in [4.78, 5) is 21.4. The van der Waals surface area contributed by atoms with E-state index in [9.17, 15) is 14.9 Å². The Morgan fingerprint density at radius 3 is 2.54 bits per heavy atom. The van der Waals surface area contributed by atoms with Crippen molar-refractivity contribution < 1.29 is 9.72 Å². The fraction of sp³-hybridized carbons (Fsp3) is 0.0667. The van der Waals surface area contributed by atoms with Crippen molar-refractivity contribution in [2.24, 2.45) is 10.2 Å². The topological polar surface area (TPSA) is 147 Å². The van der Waals surface area contributed by atoms with Gasteiger partial charge in [0.25, 0.3) is 5.69 Å². The van der Waals surface area contributed by atoms with Gasteiger partial charge in [0, 0.05) is 24.7 Å². The number of hydrogen-bond donors (Lipinski definition) is 2. The standard InChI is InChI=1S/C15H12N6O3/c1-9(22)18-15-7-11(17)2-4-14(15)20-19-13-5-3-12(21(23)24)6-10(13)8-16/h2-7H,17H2,1H3,(H,18,22)/b20-19+. The van der Waals surface area contributed by atoms with Gasteiger partial charge in [-0.15, -0.1) is 10.2 Å². The number of nitrogens with two attached hydrogens (primary N) is 1. The molecule has 0 atom stereocenters. The molecule has 0 aliphatic heterocycles. The van der Waals surface area contributed by atoms with Crippen molar-refractivity contribution >= 4 is 34.3 Å². The van der Waals surface area contributed by atoms with Gasteiger partial charge in [0.05, 0.1) is 16.2 Å². The highest BCUT2D eigenvalue weighted by Crippen LogP contribution is 2.31.